The van der Waals surface area contributed by atoms with Gasteiger partial charge < -0.3 is 20.1 Å². The molecule has 1 aromatic carbocycles. The average Bonchev–Trinajstić information content (AvgIpc) is 3.29. The van der Waals surface area contributed by atoms with Gasteiger partial charge >= 0.3 is 18.2 Å². The van der Waals surface area contributed by atoms with Crippen LogP contribution in [-0.4, -0.2) is 54.0 Å². The van der Waals surface area contributed by atoms with Crippen LogP contribution in [-0.2, 0) is 9.53 Å². The maximum Gasteiger partial charge on any atom is 0.394 e. The van der Waals surface area contributed by atoms with Crippen molar-refractivity contribution in [2.75, 3.05) is 19.7 Å². The number of benzene rings is 1. The highest BCUT2D eigenvalue weighted by atomic mass is 19.4. The van der Waals surface area contributed by atoms with Crippen LogP contribution in [0.4, 0.5) is 18.0 Å². The second-order valence-electron chi connectivity index (χ2n) is 6.89. The van der Waals surface area contributed by atoms with Crippen molar-refractivity contribution in [1.82, 2.24) is 10.2 Å². The molecule has 2 unspecified atom stereocenters. The van der Waals surface area contributed by atoms with Gasteiger partial charge in [-0.3, -0.25) is 4.79 Å². The molecule has 9 heteroatoms. The molecule has 148 valence electrons. The molecule has 27 heavy (non-hydrogen) atoms. The predicted octanol–water partition coefficient (Wildman–Crippen LogP) is 2.81. The van der Waals surface area contributed by atoms with E-state index in [1.807, 2.05) is 18.2 Å². The first kappa shape index (κ1) is 19.5. The Balaban J connectivity index is 1.75. The summed E-state index contributed by atoms with van der Waals surface area (Å²) in [6, 6.07) is 7.85. The lowest BCUT2D eigenvalue weighted by molar-refractivity contribution is -0.187. The van der Waals surface area contributed by atoms with Gasteiger partial charge in [0.05, 0.1) is 24.0 Å². The minimum atomic E-state index is -4.68. The summed E-state index contributed by atoms with van der Waals surface area (Å²) in [7, 11) is 0. The number of hydrogen-bond donors (Lipinski definition) is 2. The highest BCUT2D eigenvalue weighted by molar-refractivity contribution is 5.78. The summed E-state index contributed by atoms with van der Waals surface area (Å²) >= 11 is 0. The third-order valence-corrected chi connectivity index (χ3v) is 5.12. The maximum atomic E-state index is 13.1. The molecule has 2 N–H and O–H groups in total. The van der Waals surface area contributed by atoms with Crippen molar-refractivity contribution in [2.24, 2.45) is 11.8 Å². The van der Waals surface area contributed by atoms with Crippen LogP contribution in [0.3, 0.4) is 0 Å². The lowest BCUT2D eigenvalue weighted by Gasteiger charge is -2.27. The molecule has 1 aromatic rings. The SMILES string of the molecule is O=C(O)[C@@H]1CN(C(=O)NC(c2ccccc2)C2CCCO2)C[C@H]1C(F)(F)F. The number of halogens is 3. The molecule has 2 heterocycles. The number of urea groups is 1. The van der Waals surface area contributed by atoms with Gasteiger partial charge in [-0.05, 0) is 18.4 Å². The Morgan fingerprint density at radius 3 is 2.44 bits per heavy atom. The molecule has 6 nitrogen and oxygen atoms in total. The Morgan fingerprint density at radius 1 is 1.22 bits per heavy atom. The van der Waals surface area contributed by atoms with Gasteiger partial charge in [-0.25, -0.2) is 4.79 Å². The molecule has 0 bridgehead atoms. The van der Waals surface area contributed by atoms with Gasteiger partial charge in [-0.2, -0.15) is 13.2 Å². The molecule has 4 atom stereocenters. The molecule has 2 fully saturated rings. The Kier molecular flexibility index (Phi) is 5.59. The molecule has 0 aromatic heterocycles. The molecule has 2 saturated heterocycles. The topological polar surface area (TPSA) is 78.9 Å². The van der Waals surface area contributed by atoms with Gasteiger partial charge in [-0.15, -0.1) is 0 Å². The van der Waals surface area contributed by atoms with Crippen molar-refractivity contribution in [2.45, 2.75) is 31.2 Å². The van der Waals surface area contributed by atoms with Gasteiger partial charge in [-0.1, -0.05) is 30.3 Å². The van der Waals surface area contributed by atoms with Crippen molar-refractivity contribution in [3.8, 4) is 0 Å². The Labute approximate surface area is 154 Å². The van der Waals surface area contributed by atoms with Crippen molar-refractivity contribution in [1.29, 1.82) is 0 Å². The van der Waals surface area contributed by atoms with Gasteiger partial charge in [0.25, 0.3) is 0 Å². The van der Waals surface area contributed by atoms with Gasteiger partial charge in [0, 0.05) is 19.7 Å². The summed E-state index contributed by atoms with van der Waals surface area (Å²) < 4.78 is 45.1. The van der Waals surface area contributed by atoms with Crippen LogP contribution in [0.1, 0.15) is 24.4 Å². The highest BCUT2D eigenvalue weighted by Crippen LogP contribution is 2.38. The number of nitrogens with zero attached hydrogens (tertiary/aromatic N) is 1. The van der Waals surface area contributed by atoms with Crippen LogP contribution in [0.2, 0.25) is 0 Å². The fourth-order valence-corrected chi connectivity index (χ4v) is 3.69. The summed E-state index contributed by atoms with van der Waals surface area (Å²) in [4.78, 5) is 24.8. The number of rotatable bonds is 4. The van der Waals surface area contributed by atoms with Crippen LogP contribution in [0.25, 0.3) is 0 Å². The zero-order valence-electron chi connectivity index (χ0n) is 14.5. The number of ether oxygens (including phenoxy) is 1. The Hall–Kier alpha value is -2.29. The van der Waals surface area contributed by atoms with E-state index in [1.54, 1.807) is 12.1 Å². The fourth-order valence-electron chi connectivity index (χ4n) is 3.69. The number of nitrogens with one attached hydrogen (secondary N) is 1. The Bertz CT molecular complexity index is 677. The van der Waals surface area contributed by atoms with E-state index in [0.29, 0.717) is 6.61 Å². The zero-order valence-corrected chi connectivity index (χ0v) is 14.5. The summed E-state index contributed by atoms with van der Waals surface area (Å²) in [6.07, 6.45) is -3.38. The molecule has 3 rings (SSSR count). The van der Waals surface area contributed by atoms with E-state index in [-0.39, 0.29) is 6.10 Å². The van der Waals surface area contributed by atoms with Gasteiger partial charge in [0.15, 0.2) is 0 Å². The zero-order chi connectivity index (χ0) is 19.6. The number of hydrogen-bond acceptors (Lipinski definition) is 3. The van der Waals surface area contributed by atoms with Crippen LogP contribution in [0, 0.1) is 11.8 Å². The standard InChI is InChI=1S/C18H21F3N2O4/c19-18(20,21)13-10-23(9-12(13)16(24)25)17(26)22-15(14-7-4-8-27-14)11-5-2-1-3-6-11/h1-3,5-6,12-15H,4,7-10H2,(H,22,26)(H,24,25)/t12-,13-,14?,15?/m1/s1. The quantitative estimate of drug-likeness (QED) is 0.834. The smallest absolute Gasteiger partial charge is 0.394 e. The highest BCUT2D eigenvalue weighted by Gasteiger charge is 2.53. The molecule has 0 saturated carbocycles. The van der Waals surface area contributed by atoms with Crippen molar-refractivity contribution >= 4 is 12.0 Å². The summed E-state index contributed by atoms with van der Waals surface area (Å²) in [5.41, 5.74) is 0.791. The van der Waals surface area contributed by atoms with E-state index in [4.69, 9.17) is 9.84 Å². The third-order valence-electron chi connectivity index (χ3n) is 5.12. The second-order valence-corrected chi connectivity index (χ2v) is 6.89. The largest absolute Gasteiger partial charge is 0.481 e. The molecule has 2 aliphatic heterocycles. The van der Waals surface area contributed by atoms with E-state index >= 15 is 0 Å². The number of carboxylic acids is 1. The number of likely N-dealkylation sites (tertiary alicyclic amines) is 1. The van der Waals surface area contributed by atoms with Crippen LogP contribution in [0.5, 0.6) is 0 Å². The summed E-state index contributed by atoms with van der Waals surface area (Å²) in [5.74, 6) is -5.28. The van der Waals surface area contributed by atoms with E-state index in [0.717, 1.165) is 23.3 Å². The Morgan fingerprint density at radius 2 is 1.93 bits per heavy atom. The van der Waals surface area contributed by atoms with Crippen LogP contribution >= 0.6 is 0 Å². The second kappa shape index (κ2) is 7.75. The minimum absolute atomic E-state index is 0.271. The molecule has 0 spiro atoms. The van der Waals surface area contributed by atoms with Crippen molar-refractivity contribution < 1.29 is 32.6 Å². The first-order chi connectivity index (χ1) is 12.8. The van der Waals surface area contributed by atoms with Gasteiger partial charge in [0.1, 0.15) is 0 Å². The van der Waals surface area contributed by atoms with Gasteiger partial charge in [0.2, 0.25) is 0 Å². The lowest BCUT2D eigenvalue weighted by atomic mass is 9.96. The number of carbonyl (C=O) groups excluding carboxylic acids is 1. The molecule has 2 aliphatic rings. The summed E-state index contributed by atoms with van der Waals surface area (Å²) in [5, 5.41) is 11.9. The number of amides is 2. The van der Waals surface area contributed by atoms with E-state index in [1.165, 1.54) is 0 Å². The minimum Gasteiger partial charge on any atom is -0.481 e. The third kappa shape index (κ3) is 4.35. The number of carbonyl (C=O) groups is 2. The van der Waals surface area contributed by atoms with Crippen molar-refractivity contribution in [3.05, 3.63) is 35.9 Å². The maximum absolute atomic E-state index is 13.1. The number of aliphatic carboxylic acids is 1. The van der Waals surface area contributed by atoms with E-state index in [9.17, 15) is 22.8 Å². The molecular weight excluding hydrogens is 365 g/mol. The summed E-state index contributed by atoms with van der Waals surface area (Å²) in [6.45, 7) is -0.581. The van der Waals surface area contributed by atoms with E-state index in [2.05, 4.69) is 5.32 Å². The molecule has 0 radical (unpaired) electrons. The van der Waals surface area contributed by atoms with Crippen LogP contribution in [0.15, 0.2) is 30.3 Å². The number of carboxylic acid groups (broad SMARTS) is 1. The normalized spacial score (nSPS) is 26.8. The predicted molar refractivity (Wildman–Crippen MR) is 88.9 cm³/mol. The average molecular weight is 386 g/mol. The molecule has 2 amide bonds. The molecule has 0 aliphatic carbocycles. The van der Waals surface area contributed by atoms with Crippen LogP contribution < -0.4 is 5.32 Å². The molecular formula is C18H21F3N2O4. The van der Waals surface area contributed by atoms with E-state index < -0.39 is 49.1 Å². The first-order valence-corrected chi connectivity index (χ1v) is 8.79. The van der Waals surface area contributed by atoms with Crippen molar-refractivity contribution in [3.63, 3.8) is 0 Å². The first-order valence-electron chi connectivity index (χ1n) is 8.79. The lowest BCUT2D eigenvalue weighted by Crippen LogP contribution is -2.44. The number of alkyl halides is 3. The monoisotopic (exact) mass is 386 g/mol. The fraction of sp³-hybridized carbons (Fsp3) is 0.556.